The van der Waals surface area contributed by atoms with Crippen LogP contribution in [0.1, 0.15) is 118 Å². The number of aromatic nitrogens is 3. The lowest BCUT2D eigenvalue weighted by atomic mass is 9.61. The van der Waals surface area contributed by atoms with Gasteiger partial charge in [0.25, 0.3) is 0 Å². The summed E-state index contributed by atoms with van der Waals surface area (Å²) in [5.41, 5.74) is 8.65. The zero-order valence-electron chi connectivity index (χ0n) is 51.9. The average molecular weight is 1260 g/mol. The molecule has 6 aromatic rings. The van der Waals surface area contributed by atoms with Gasteiger partial charge in [0.05, 0.1) is 44.9 Å². The van der Waals surface area contributed by atoms with Crippen LogP contribution in [0.3, 0.4) is 0 Å². The molecule has 3 aliphatic heterocycles. The molecule has 0 amide bonds. The fourth-order valence-corrected chi connectivity index (χ4v) is 17.1. The Kier molecular flexibility index (Phi) is 21.2. The van der Waals surface area contributed by atoms with E-state index < -0.39 is 0 Å². The minimum Gasteiger partial charge on any atom is -0.462 e. The molecule has 0 N–H and O–H groups in total. The third kappa shape index (κ3) is 14.1. The van der Waals surface area contributed by atoms with Crippen LogP contribution in [0, 0.1) is 88.8 Å². The maximum atomic E-state index is 12.3. The summed E-state index contributed by atoms with van der Waals surface area (Å²) in [4.78, 5) is 50.8. The molecular weight excluding hydrogens is 1180 g/mol. The lowest BCUT2D eigenvalue weighted by molar-refractivity contribution is -0.145. The minimum atomic E-state index is -0.0287. The van der Waals surface area contributed by atoms with E-state index in [0.717, 1.165) is 99.0 Å². The number of carbonyl (C=O) groups excluding carboxylic acids is 3. The monoisotopic (exact) mass is 1260 g/mol. The first-order chi connectivity index (χ1) is 42.4. The number of ether oxygens (including phenoxy) is 3. The van der Waals surface area contributed by atoms with Crippen molar-refractivity contribution in [2.24, 2.45) is 88.8 Å². The van der Waals surface area contributed by atoms with E-state index in [0.29, 0.717) is 63.3 Å². The number of carbonyl (C=O) groups is 3. The van der Waals surface area contributed by atoms with Gasteiger partial charge in [0.15, 0.2) is 0 Å². The van der Waals surface area contributed by atoms with Gasteiger partial charge in [-0.3, -0.25) is 29.3 Å². The number of cyclic esters (lactones) is 3. The van der Waals surface area contributed by atoms with Crippen molar-refractivity contribution in [2.45, 2.75) is 119 Å². The van der Waals surface area contributed by atoms with Gasteiger partial charge in [-0.05, 0) is 160 Å². The molecule has 0 bridgehead atoms. The second-order valence-corrected chi connectivity index (χ2v) is 27.3. The fraction of sp³-hybridized carbons (Fsp3) is 0.440. The Hall–Kier alpha value is -6.10. The Morgan fingerprint density at radius 2 is 0.807 bits per heavy atom. The molecule has 9 nitrogen and oxygen atoms in total. The van der Waals surface area contributed by atoms with Gasteiger partial charge in [0.2, 0.25) is 0 Å². The first-order valence-corrected chi connectivity index (χ1v) is 33.4. The second kappa shape index (κ2) is 28.8. The van der Waals surface area contributed by atoms with Crippen LogP contribution in [0.5, 0.6) is 0 Å². The van der Waals surface area contributed by atoms with E-state index in [9.17, 15) is 14.4 Å². The van der Waals surface area contributed by atoms with E-state index in [1.165, 1.54) is 0 Å². The predicted octanol–water partition coefficient (Wildman–Crippen LogP) is 19.5. The number of hydrogen-bond acceptors (Lipinski definition) is 9. The number of esters is 3. The van der Waals surface area contributed by atoms with Crippen molar-refractivity contribution in [1.29, 1.82) is 0 Å². The molecule has 88 heavy (non-hydrogen) atoms. The standard InChI is InChI=1S/C25H27Cl2NO2.2C25H28ClNO2/c1-4-18-14(2)12-21-23(15(3)30-25(21)29)20(18)11-10-17-9-8-16(13-28-17)19-6-5-7-22(26)24(19)27;1-4-21-15(2)12-23-24(16(3)29-25(23)28)22(21)11-10-20-9-8-18(14-27-20)17-6-5-7-19(26)13-17;1-4-19-15(2)13-22-24(16(3)29-25(22)28)21(19)12-11-18-10-9-17(14-27-18)20-7-5-6-8-23(20)26/h5-11,13-15,18,20-21,23H,4,12H2,1-3H3;5-11,13-16,21-24H,4,12H2,1-3H3;5-12,14-16,19,21-22,24H,4,13H2,1-3H3/b2*11-10+;12-11+/t14-,15+,18+,20-,21+,23-;15-,16+,21+,22-,23+,24-;15-,16+,19+,21-,22+,24-/m000/s1. The van der Waals surface area contributed by atoms with E-state index in [1.807, 2.05) is 124 Å². The van der Waals surface area contributed by atoms with Crippen LogP contribution in [0.4, 0.5) is 0 Å². The number of rotatable bonds is 12. The summed E-state index contributed by atoms with van der Waals surface area (Å²) in [6.45, 7) is 19.7. The Morgan fingerprint density at radius 1 is 0.432 bits per heavy atom. The second-order valence-electron chi connectivity index (χ2n) is 25.6. The number of hydrogen-bond donors (Lipinski definition) is 0. The summed E-state index contributed by atoms with van der Waals surface area (Å²) in [7, 11) is 0. The molecule has 0 unspecified atom stereocenters. The quantitative estimate of drug-likeness (QED) is 0.0872. The topological polar surface area (TPSA) is 118 Å². The molecule has 0 radical (unpaired) electrons. The summed E-state index contributed by atoms with van der Waals surface area (Å²) in [5.74, 6) is 5.04. The highest BCUT2D eigenvalue weighted by atomic mass is 35.5. The third-order valence-electron chi connectivity index (χ3n) is 20.6. The van der Waals surface area contributed by atoms with Gasteiger partial charge in [-0.15, -0.1) is 0 Å². The molecule has 12 rings (SSSR count). The van der Waals surface area contributed by atoms with Crippen LogP contribution in [0.2, 0.25) is 20.1 Å². The number of allylic oxidation sites excluding steroid dienone is 3. The van der Waals surface area contributed by atoms with Crippen molar-refractivity contribution in [2.75, 3.05) is 0 Å². The Balaban J connectivity index is 0.000000146. The molecule has 3 aliphatic carbocycles. The first kappa shape index (κ1) is 64.9. The number of halogens is 4. The molecule has 3 saturated heterocycles. The average Bonchev–Trinajstić information content (AvgIpc) is 1.95. The molecule has 462 valence electrons. The summed E-state index contributed by atoms with van der Waals surface area (Å²) in [6, 6.07) is 33.4. The molecule has 6 fully saturated rings. The van der Waals surface area contributed by atoms with Crippen molar-refractivity contribution < 1.29 is 28.6 Å². The van der Waals surface area contributed by atoms with Gasteiger partial charge in [0.1, 0.15) is 18.3 Å². The van der Waals surface area contributed by atoms with Gasteiger partial charge in [-0.1, -0.05) is 186 Å². The normalized spacial score (nSPS) is 31.4. The zero-order valence-corrected chi connectivity index (χ0v) is 55.0. The van der Waals surface area contributed by atoms with Crippen LogP contribution < -0.4 is 0 Å². The van der Waals surface area contributed by atoms with Crippen LogP contribution in [-0.4, -0.2) is 51.2 Å². The SMILES string of the molecule is CC[C@H]1[C@H](/C=C/c2ccc(-c3cccc(Cl)c3)cn2)[C@@H]2[C@@H](C)OC(=O)[C@@H]2C[C@@H]1C.CC[C@H]1[C@H](/C=C/c2ccc(-c3cccc(Cl)c3Cl)cn2)[C@@H]2[C@@H](C)OC(=O)[C@@H]2C[C@@H]1C.CC[C@H]1[C@H](/C=C/c2ccc(-c3ccccc3Cl)cn2)[C@@H]2[C@@H](C)OC(=O)[C@@H]2C[C@@H]1C. The van der Waals surface area contributed by atoms with E-state index in [4.69, 9.17) is 60.6 Å². The number of fused-ring (bicyclic) bond motifs is 3. The highest BCUT2D eigenvalue weighted by Crippen LogP contribution is 2.53. The van der Waals surface area contributed by atoms with Gasteiger partial charge in [-0.25, -0.2) is 0 Å². The van der Waals surface area contributed by atoms with Crippen LogP contribution in [-0.2, 0) is 28.6 Å². The number of benzene rings is 3. The van der Waals surface area contributed by atoms with Gasteiger partial charge < -0.3 is 14.2 Å². The van der Waals surface area contributed by atoms with Crippen molar-refractivity contribution >= 4 is 82.5 Å². The summed E-state index contributed by atoms with van der Waals surface area (Å²) in [5, 5.41) is 2.52. The molecule has 0 spiro atoms. The van der Waals surface area contributed by atoms with E-state index in [1.54, 1.807) is 6.07 Å². The third-order valence-corrected chi connectivity index (χ3v) is 22.0. The predicted molar refractivity (Wildman–Crippen MR) is 357 cm³/mol. The van der Waals surface area contributed by atoms with Crippen LogP contribution in [0.15, 0.2) is 140 Å². The molecule has 13 heteroatoms. The molecular formula is C75H83Cl4N3O6. The number of pyridine rings is 3. The largest absolute Gasteiger partial charge is 0.462 e. The molecule has 3 aromatic heterocycles. The highest BCUT2D eigenvalue weighted by Gasteiger charge is 2.54. The first-order valence-electron chi connectivity index (χ1n) is 31.9. The van der Waals surface area contributed by atoms with Gasteiger partial charge >= 0.3 is 17.9 Å². The molecule has 6 heterocycles. The Bertz CT molecular complexity index is 3500. The Labute approximate surface area is 541 Å². The van der Waals surface area contributed by atoms with Crippen molar-refractivity contribution in [3.8, 4) is 33.4 Å². The minimum absolute atomic E-state index is 0.00805. The zero-order chi connectivity index (χ0) is 62.5. The molecule has 18 atom stereocenters. The summed E-state index contributed by atoms with van der Waals surface area (Å²) >= 11 is 24.9. The van der Waals surface area contributed by atoms with Crippen molar-refractivity contribution in [3.63, 3.8) is 0 Å². The lowest BCUT2D eigenvalue weighted by Crippen LogP contribution is -2.40. The summed E-state index contributed by atoms with van der Waals surface area (Å²) < 4.78 is 16.8. The van der Waals surface area contributed by atoms with Crippen molar-refractivity contribution in [3.05, 3.63) is 177 Å². The Morgan fingerprint density at radius 3 is 1.19 bits per heavy atom. The smallest absolute Gasteiger partial charge is 0.309 e. The molecule has 6 aliphatic rings. The van der Waals surface area contributed by atoms with E-state index >= 15 is 0 Å². The van der Waals surface area contributed by atoms with E-state index in [2.05, 4.69) is 105 Å². The van der Waals surface area contributed by atoms with Crippen LogP contribution in [0.25, 0.3) is 51.6 Å². The lowest BCUT2D eigenvalue weighted by Gasteiger charge is -2.41. The summed E-state index contributed by atoms with van der Waals surface area (Å²) in [6.07, 6.45) is 24.8. The number of nitrogens with zero attached hydrogens (tertiary/aromatic N) is 3. The fourth-order valence-electron chi connectivity index (χ4n) is 16.3. The van der Waals surface area contributed by atoms with Crippen molar-refractivity contribution in [1.82, 2.24) is 15.0 Å². The van der Waals surface area contributed by atoms with E-state index in [-0.39, 0.29) is 71.7 Å². The molecule has 3 saturated carbocycles. The highest BCUT2D eigenvalue weighted by molar-refractivity contribution is 6.43. The maximum absolute atomic E-state index is 12.3. The maximum Gasteiger partial charge on any atom is 0.309 e. The van der Waals surface area contributed by atoms with Gasteiger partial charge in [0, 0.05) is 74.2 Å². The van der Waals surface area contributed by atoms with Gasteiger partial charge in [-0.2, -0.15) is 0 Å². The molecule has 3 aromatic carbocycles. The van der Waals surface area contributed by atoms with Crippen LogP contribution >= 0.6 is 46.4 Å².